The number of anilines is 1. The minimum absolute atomic E-state index is 0.198. The van der Waals surface area contributed by atoms with E-state index >= 15 is 0 Å². The van der Waals surface area contributed by atoms with Crippen molar-refractivity contribution in [2.45, 2.75) is 6.92 Å². The van der Waals surface area contributed by atoms with Crippen molar-refractivity contribution in [3.05, 3.63) is 29.6 Å². The molecule has 1 N–H and O–H groups in total. The summed E-state index contributed by atoms with van der Waals surface area (Å²) >= 11 is 0. The topological polar surface area (TPSA) is 46.2 Å². The summed E-state index contributed by atoms with van der Waals surface area (Å²) in [6.45, 7) is 1.31. The summed E-state index contributed by atoms with van der Waals surface area (Å²) in [4.78, 5) is 20.9. The molecule has 3 nitrogen and oxygen atoms in total. The van der Waals surface area contributed by atoms with E-state index in [1.165, 1.54) is 13.0 Å². The highest BCUT2D eigenvalue weighted by Crippen LogP contribution is 2.12. The van der Waals surface area contributed by atoms with E-state index in [0.717, 1.165) is 12.1 Å². The molecule has 0 saturated heterocycles. The Labute approximate surface area is 74.6 Å². The van der Waals surface area contributed by atoms with Crippen LogP contribution >= 0.6 is 0 Å². The largest absolute Gasteiger partial charge is 0.326 e. The Bertz CT molecular complexity index is 349. The first-order valence-electron chi connectivity index (χ1n) is 3.65. The number of carbonyl (C=O) groups excluding carboxylic acids is 2. The fraction of sp³-hybridized carbons (Fsp3) is 0.111. The number of hydrogen-bond acceptors (Lipinski definition) is 2. The molecule has 0 aromatic heterocycles. The van der Waals surface area contributed by atoms with Gasteiger partial charge in [0.25, 0.3) is 0 Å². The van der Waals surface area contributed by atoms with Crippen LogP contribution in [0.3, 0.4) is 0 Å². The Morgan fingerprint density at radius 2 is 2.15 bits per heavy atom. The highest BCUT2D eigenvalue weighted by atomic mass is 19.1. The average Bonchev–Trinajstić information content (AvgIpc) is 2.01. The Morgan fingerprint density at radius 1 is 1.46 bits per heavy atom. The van der Waals surface area contributed by atoms with Crippen molar-refractivity contribution in [1.82, 2.24) is 0 Å². The number of halogens is 1. The van der Waals surface area contributed by atoms with Crippen LogP contribution in [0.15, 0.2) is 18.2 Å². The third kappa shape index (κ3) is 2.66. The second-order valence-corrected chi connectivity index (χ2v) is 2.57. The number of benzene rings is 1. The van der Waals surface area contributed by atoms with Gasteiger partial charge < -0.3 is 5.32 Å². The molecule has 0 heterocycles. The number of nitrogens with one attached hydrogen (secondary N) is 1. The molecule has 1 rings (SSSR count). The van der Waals surface area contributed by atoms with Crippen LogP contribution in [0.2, 0.25) is 0 Å². The summed E-state index contributed by atoms with van der Waals surface area (Å²) in [6.07, 6.45) is 0.522. The van der Waals surface area contributed by atoms with Gasteiger partial charge in [0, 0.05) is 18.2 Å². The normalized spacial score (nSPS) is 9.38. The Kier molecular flexibility index (Phi) is 2.74. The van der Waals surface area contributed by atoms with Crippen molar-refractivity contribution >= 4 is 17.9 Å². The quantitative estimate of drug-likeness (QED) is 0.704. The minimum atomic E-state index is -0.548. The Morgan fingerprint density at radius 3 is 2.69 bits per heavy atom. The van der Waals surface area contributed by atoms with Gasteiger partial charge in [-0.2, -0.15) is 0 Å². The molecule has 1 aromatic carbocycles. The zero-order valence-corrected chi connectivity index (χ0v) is 7.00. The lowest BCUT2D eigenvalue weighted by molar-refractivity contribution is -0.114. The Balaban J connectivity index is 3.01. The van der Waals surface area contributed by atoms with Gasteiger partial charge in [-0.25, -0.2) is 4.39 Å². The maximum Gasteiger partial charge on any atom is 0.221 e. The maximum absolute atomic E-state index is 12.8. The van der Waals surface area contributed by atoms with E-state index in [9.17, 15) is 14.0 Å². The molecular formula is C9H8FNO2. The van der Waals surface area contributed by atoms with Gasteiger partial charge in [0.15, 0.2) is 0 Å². The molecule has 0 aliphatic heterocycles. The SMILES string of the molecule is CC(=O)Nc1cc(F)cc(C=O)c1. The standard InChI is InChI=1S/C9H8FNO2/c1-6(13)11-9-3-7(5-12)2-8(10)4-9/h2-5H,1H3,(H,11,13). The first kappa shape index (κ1) is 9.38. The molecule has 13 heavy (non-hydrogen) atoms. The van der Waals surface area contributed by atoms with Crippen molar-refractivity contribution in [3.8, 4) is 0 Å². The van der Waals surface area contributed by atoms with Gasteiger partial charge >= 0.3 is 0 Å². The fourth-order valence-corrected chi connectivity index (χ4v) is 0.956. The van der Waals surface area contributed by atoms with E-state index in [1.807, 2.05) is 0 Å². The molecule has 1 amide bonds. The smallest absolute Gasteiger partial charge is 0.221 e. The van der Waals surface area contributed by atoms with Crippen LogP contribution in [-0.4, -0.2) is 12.2 Å². The minimum Gasteiger partial charge on any atom is -0.326 e. The van der Waals surface area contributed by atoms with Gasteiger partial charge in [-0.1, -0.05) is 0 Å². The molecule has 0 bridgehead atoms. The molecule has 68 valence electrons. The zero-order valence-electron chi connectivity index (χ0n) is 7.00. The summed E-state index contributed by atoms with van der Waals surface area (Å²) in [5.41, 5.74) is 0.485. The van der Waals surface area contributed by atoms with Crippen molar-refractivity contribution in [2.24, 2.45) is 0 Å². The summed E-state index contributed by atoms with van der Waals surface area (Å²) in [6, 6.07) is 3.64. The van der Waals surface area contributed by atoms with Crippen LogP contribution in [-0.2, 0) is 4.79 Å². The zero-order chi connectivity index (χ0) is 9.84. The molecule has 0 fully saturated rings. The van der Waals surface area contributed by atoms with Crippen LogP contribution < -0.4 is 5.32 Å². The van der Waals surface area contributed by atoms with E-state index in [0.29, 0.717) is 6.29 Å². The second kappa shape index (κ2) is 3.80. The van der Waals surface area contributed by atoms with Crippen LogP contribution in [0.25, 0.3) is 0 Å². The van der Waals surface area contributed by atoms with E-state index < -0.39 is 5.82 Å². The van der Waals surface area contributed by atoms with Crippen molar-refractivity contribution in [3.63, 3.8) is 0 Å². The number of aldehydes is 1. The van der Waals surface area contributed by atoms with Crippen LogP contribution in [0.4, 0.5) is 10.1 Å². The lowest BCUT2D eigenvalue weighted by atomic mass is 10.2. The van der Waals surface area contributed by atoms with Crippen LogP contribution in [0.1, 0.15) is 17.3 Å². The predicted molar refractivity (Wildman–Crippen MR) is 46.1 cm³/mol. The van der Waals surface area contributed by atoms with Gasteiger partial charge in [-0.15, -0.1) is 0 Å². The number of carbonyl (C=O) groups is 2. The van der Waals surface area contributed by atoms with Gasteiger partial charge in [0.1, 0.15) is 12.1 Å². The van der Waals surface area contributed by atoms with Gasteiger partial charge in [-0.05, 0) is 18.2 Å². The highest BCUT2D eigenvalue weighted by molar-refractivity contribution is 5.90. The predicted octanol–water partition coefficient (Wildman–Crippen LogP) is 1.60. The average molecular weight is 181 g/mol. The molecule has 0 unspecified atom stereocenters. The van der Waals surface area contributed by atoms with Gasteiger partial charge in [0.2, 0.25) is 5.91 Å². The molecule has 0 radical (unpaired) electrons. The van der Waals surface area contributed by atoms with Gasteiger partial charge in [0.05, 0.1) is 0 Å². The van der Waals surface area contributed by atoms with E-state index in [-0.39, 0.29) is 17.2 Å². The fourth-order valence-electron chi connectivity index (χ4n) is 0.956. The molecular weight excluding hydrogens is 173 g/mol. The molecule has 4 heteroatoms. The van der Waals surface area contributed by atoms with Crippen molar-refractivity contribution < 1.29 is 14.0 Å². The monoisotopic (exact) mass is 181 g/mol. The molecule has 0 atom stereocenters. The number of rotatable bonds is 2. The van der Waals surface area contributed by atoms with Gasteiger partial charge in [-0.3, -0.25) is 9.59 Å². The lowest BCUT2D eigenvalue weighted by Gasteiger charge is -2.02. The number of hydrogen-bond donors (Lipinski definition) is 1. The summed E-state index contributed by atoms with van der Waals surface area (Å²) in [5, 5.41) is 2.38. The lowest BCUT2D eigenvalue weighted by Crippen LogP contribution is -2.06. The van der Waals surface area contributed by atoms with Crippen LogP contribution in [0, 0.1) is 5.82 Å². The van der Waals surface area contributed by atoms with E-state index in [4.69, 9.17) is 0 Å². The summed E-state index contributed by atoms with van der Waals surface area (Å²) in [5.74, 6) is -0.851. The molecule has 0 spiro atoms. The van der Waals surface area contributed by atoms with Crippen LogP contribution in [0.5, 0.6) is 0 Å². The first-order chi connectivity index (χ1) is 6.11. The molecule has 0 saturated carbocycles. The Hall–Kier alpha value is -1.71. The number of amides is 1. The molecule has 0 aliphatic carbocycles. The first-order valence-corrected chi connectivity index (χ1v) is 3.65. The maximum atomic E-state index is 12.8. The highest BCUT2D eigenvalue weighted by Gasteiger charge is 2.00. The third-order valence-electron chi connectivity index (χ3n) is 1.38. The third-order valence-corrected chi connectivity index (χ3v) is 1.38. The van der Waals surface area contributed by atoms with E-state index in [1.54, 1.807) is 0 Å². The molecule has 1 aromatic rings. The second-order valence-electron chi connectivity index (χ2n) is 2.57. The van der Waals surface area contributed by atoms with Crippen molar-refractivity contribution in [2.75, 3.05) is 5.32 Å². The summed E-state index contributed by atoms with van der Waals surface area (Å²) < 4.78 is 12.8. The van der Waals surface area contributed by atoms with Crippen molar-refractivity contribution in [1.29, 1.82) is 0 Å². The van der Waals surface area contributed by atoms with E-state index in [2.05, 4.69) is 5.32 Å². The molecule has 0 aliphatic rings. The summed E-state index contributed by atoms with van der Waals surface area (Å²) in [7, 11) is 0.